The van der Waals surface area contributed by atoms with Crippen LogP contribution in [0.5, 0.6) is 0 Å². The van der Waals surface area contributed by atoms with E-state index in [2.05, 4.69) is 26.2 Å². The highest BCUT2D eigenvalue weighted by Gasteiger charge is 2.39. The van der Waals surface area contributed by atoms with Gasteiger partial charge in [0, 0.05) is 25.6 Å². The standard InChI is InChI=1S/C11H14BrN3O4/c1-7-11(16,2-3-19-7)6-14-10-9(12)4-8(5-13-10)15(17)18/h4-5,7,16H,2-3,6H2,1H3,(H,13,14). The van der Waals surface area contributed by atoms with Gasteiger partial charge in [-0.15, -0.1) is 0 Å². The molecule has 1 aliphatic rings. The van der Waals surface area contributed by atoms with Gasteiger partial charge in [0.25, 0.3) is 5.69 Å². The molecule has 2 heterocycles. The number of aliphatic hydroxyl groups is 1. The second kappa shape index (κ2) is 5.40. The number of pyridine rings is 1. The number of nitro groups is 1. The van der Waals surface area contributed by atoms with Crippen LogP contribution < -0.4 is 5.32 Å². The summed E-state index contributed by atoms with van der Waals surface area (Å²) in [6, 6.07) is 1.37. The minimum atomic E-state index is -0.942. The molecule has 0 aromatic carbocycles. The van der Waals surface area contributed by atoms with Crippen LogP contribution >= 0.6 is 15.9 Å². The number of aromatic nitrogens is 1. The molecule has 0 bridgehead atoms. The van der Waals surface area contributed by atoms with Gasteiger partial charge >= 0.3 is 0 Å². The van der Waals surface area contributed by atoms with Crippen LogP contribution in [0.25, 0.3) is 0 Å². The van der Waals surface area contributed by atoms with Gasteiger partial charge in [0.2, 0.25) is 0 Å². The van der Waals surface area contributed by atoms with Crippen molar-refractivity contribution in [3.8, 4) is 0 Å². The summed E-state index contributed by atoms with van der Waals surface area (Å²) in [7, 11) is 0. The van der Waals surface area contributed by atoms with Gasteiger partial charge in [-0.1, -0.05) is 0 Å². The monoisotopic (exact) mass is 331 g/mol. The maximum absolute atomic E-state index is 10.6. The second-order valence-corrected chi connectivity index (χ2v) is 5.36. The van der Waals surface area contributed by atoms with Crippen molar-refractivity contribution < 1.29 is 14.8 Å². The number of halogens is 1. The van der Waals surface area contributed by atoms with Gasteiger partial charge < -0.3 is 15.2 Å². The SMILES string of the molecule is CC1OCCC1(O)CNc1ncc([N+](=O)[O-])cc1Br. The first kappa shape index (κ1) is 14.2. The summed E-state index contributed by atoms with van der Waals surface area (Å²) in [5.74, 6) is 0.457. The third-order valence-corrected chi connectivity index (χ3v) is 3.86. The topological polar surface area (TPSA) is 97.5 Å². The highest BCUT2D eigenvalue weighted by molar-refractivity contribution is 9.10. The molecule has 1 fully saturated rings. The number of anilines is 1. The van der Waals surface area contributed by atoms with Gasteiger partial charge in [-0.05, 0) is 22.9 Å². The Hall–Kier alpha value is -1.25. The van der Waals surface area contributed by atoms with Gasteiger partial charge in [-0.2, -0.15) is 0 Å². The predicted molar refractivity (Wildman–Crippen MR) is 72.1 cm³/mol. The zero-order valence-electron chi connectivity index (χ0n) is 10.3. The molecular weight excluding hydrogens is 318 g/mol. The third kappa shape index (κ3) is 3.02. The molecule has 0 saturated carbocycles. The number of rotatable bonds is 4. The Balaban J connectivity index is 2.06. The lowest BCUT2D eigenvalue weighted by atomic mass is 9.97. The molecule has 8 heteroatoms. The predicted octanol–water partition coefficient (Wildman–Crippen LogP) is 1.70. The van der Waals surface area contributed by atoms with Crippen molar-refractivity contribution in [3.05, 3.63) is 26.9 Å². The van der Waals surface area contributed by atoms with Crippen LogP contribution in [-0.2, 0) is 4.74 Å². The van der Waals surface area contributed by atoms with E-state index in [-0.39, 0.29) is 18.3 Å². The van der Waals surface area contributed by atoms with E-state index >= 15 is 0 Å². The van der Waals surface area contributed by atoms with E-state index in [1.807, 2.05) is 6.92 Å². The third-order valence-electron chi connectivity index (χ3n) is 3.26. The Morgan fingerprint density at radius 3 is 3.05 bits per heavy atom. The average Bonchev–Trinajstić information content (AvgIpc) is 2.68. The highest BCUT2D eigenvalue weighted by Crippen LogP contribution is 2.28. The fourth-order valence-electron chi connectivity index (χ4n) is 1.90. The largest absolute Gasteiger partial charge is 0.385 e. The summed E-state index contributed by atoms with van der Waals surface area (Å²) in [6.45, 7) is 2.61. The van der Waals surface area contributed by atoms with E-state index in [1.54, 1.807) is 0 Å². The van der Waals surface area contributed by atoms with Gasteiger partial charge in [0.15, 0.2) is 0 Å². The maximum atomic E-state index is 10.6. The van der Waals surface area contributed by atoms with Gasteiger partial charge in [0.05, 0.1) is 15.5 Å². The Morgan fingerprint density at radius 1 is 1.79 bits per heavy atom. The lowest BCUT2D eigenvalue weighted by Gasteiger charge is -2.26. The van der Waals surface area contributed by atoms with Crippen molar-refractivity contribution in [2.24, 2.45) is 0 Å². The van der Waals surface area contributed by atoms with Crippen molar-refractivity contribution in [1.29, 1.82) is 0 Å². The van der Waals surface area contributed by atoms with Crippen molar-refractivity contribution >= 4 is 27.4 Å². The van der Waals surface area contributed by atoms with E-state index in [9.17, 15) is 15.2 Å². The molecule has 0 amide bonds. The van der Waals surface area contributed by atoms with Crippen molar-refractivity contribution in [2.75, 3.05) is 18.5 Å². The normalized spacial score (nSPS) is 26.4. The number of hydrogen-bond acceptors (Lipinski definition) is 6. The Morgan fingerprint density at radius 2 is 2.53 bits per heavy atom. The van der Waals surface area contributed by atoms with Crippen LogP contribution in [0.2, 0.25) is 0 Å². The zero-order chi connectivity index (χ0) is 14.0. The van der Waals surface area contributed by atoms with Gasteiger partial charge in [-0.25, -0.2) is 4.98 Å². The molecular formula is C11H14BrN3O4. The summed E-state index contributed by atoms with van der Waals surface area (Å²) < 4.78 is 5.81. The molecule has 2 rings (SSSR count). The van der Waals surface area contributed by atoms with Crippen LogP contribution in [0, 0.1) is 10.1 Å². The second-order valence-electron chi connectivity index (χ2n) is 4.50. The quantitative estimate of drug-likeness (QED) is 0.643. The number of ether oxygens (including phenoxy) is 1. The fraction of sp³-hybridized carbons (Fsp3) is 0.545. The Bertz CT molecular complexity index is 499. The van der Waals surface area contributed by atoms with E-state index in [4.69, 9.17) is 4.74 Å². The van der Waals surface area contributed by atoms with Crippen molar-refractivity contribution in [1.82, 2.24) is 4.98 Å². The van der Waals surface area contributed by atoms with E-state index in [1.165, 1.54) is 12.3 Å². The number of nitrogens with one attached hydrogen (secondary N) is 1. The molecule has 0 radical (unpaired) electrons. The molecule has 104 valence electrons. The molecule has 1 aromatic rings. The lowest BCUT2D eigenvalue weighted by molar-refractivity contribution is -0.385. The first-order valence-electron chi connectivity index (χ1n) is 5.80. The molecule has 7 nitrogen and oxygen atoms in total. The number of hydrogen-bond donors (Lipinski definition) is 2. The smallest absolute Gasteiger partial charge is 0.288 e. The molecule has 0 spiro atoms. The highest BCUT2D eigenvalue weighted by atomic mass is 79.9. The van der Waals surface area contributed by atoms with Crippen LogP contribution in [0.3, 0.4) is 0 Å². The van der Waals surface area contributed by atoms with E-state index in [0.29, 0.717) is 23.3 Å². The lowest BCUT2D eigenvalue weighted by Crippen LogP contribution is -2.43. The maximum Gasteiger partial charge on any atom is 0.288 e. The van der Waals surface area contributed by atoms with Crippen LogP contribution in [0.15, 0.2) is 16.7 Å². The Labute approximate surface area is 118 Å². The molecule has 1 aromatic heterocycles. The van der Waals surface area contributed by atoms with Gasteiger partial charge in [-0.3, -0.25) is 10.1 Å². The molecule has 0 aliphatic carbocycles. The summed E-state index contributed by atoms with van der Waals surface area (Å²) in [6.07, 6.45) is 1.47. The zero-order valence-corrected chi connectivity index (χ0v) is 11.9. The summed E-state index contributed by atoms with van der Waals surface area (Å²) in [4.78, 5) is 14.0. The minimum Gasteiger partial charge on any atom is -0.385 e. The van der Waals surface area contributed by atoms with Crippen LogP contribution in [-0.4, -0.2) is 39.9 Å². The van der Waals surface area contributed by atoms with Crippen LogP contribution in [0.4, 0.5) is 11.5 Å². The first-order chi connectivity index (χ1) is 8.92. The Kier molecular flexibility index (Phi) is 4.02. The van der Waals surface area contributed by atoms with Gasteiger partial charge in [0.1, 0.15) is 17.6 Å². The molecule has 2 atom stereocenters. The molecule has 1 saturated heterocycles. The molecule has 2 unspecified atom stereocenters. The first-order valence-corrected chi connectivity index (χ1v) is 6.59. The molecule has 19 heavy (non-hydrogen) atoms. The summed E-state index contributed by atoms with van der Waals surface area (Å²) in [5, 5.41) is 23.9. The van der Waals surface area contributed by atoms with E-state index in [0.717, 1.165) is 0 Å². The summed E-state index contributed by atoms with van der Waals surface area (Å²) >= 11 is 3.22. The summed E-state index contributed by atoms with van der Waals surface area (Å²) in [5.41, 5.74) is -1.03. The molecule has 2 N–H and O–H groups in total. The van der Waals surface area contributed by atoms with Crippen LogP contribution in [0.1, 0.15) is 13.3 Å². The van der Waals surface area contributed by atoms with E-state index < -0.39 is 10.5 Å². The fourth-order valence-corrected chi connectivity index (χ4v) is 2.37. The number of nitrogens with zero attached hydrogens (tertiary/aromatic N) is 2. The minimum absolute atomic E-state index is 0.0892. The average molecular weight is 332 g/mol. The molecule has 1 aliphatic heterocycles. The van der Waals surface area contributed by atoms with Crippen molar-refractivity contribution in [3.63, 3.8) is 0 Å². The van der Waals surface area contributed by atoms with Crippen molar-refractivity contribution in [2.45, 2.75) is 25.0 Å².